The Morgan fingerprint density at radius 3 is 2.14 bits per heavy atom. The van der Waals surface area contributed by atoms with E-state index in [-0.39, 0.29) is 41.1 Å². The summed E-state index contributed by atoms with van der Waals surface area (Å²) in [6.07, 6.45) is 0.437. The van der Waals surface area contributed by atoms with Crippen LogP contribution in [0.4, 0.5) is 0 Å². The Labute approximate surface area is 258 Å². The Balaban J connectivity index is 1.22. The lowest BCUT2D eigenvalue weighted by Crippen LogP contribution is -2.63. The van der Waals surface area contributed by atoms with Gasteiger partial charge in [-0.15, -0.1) is 0 Å². The molecule has 0 unspecified atom stereocenters. The van der Waals surface area contributed by atoms with Gasteiger partial charge in [-0.3, -0.25) is 0 Å². The zero-order valence-corrected chi connectivity index (χ0v) is 27.2. The number of hydrogen-bond donors (Lipinski definition) is 6. The quantitative estimate of drug-likeness (QED) is 0.231. The Morgan fingerprint density at radius 1 is 0.791 bits per heavy atom. The Morgan fingerprint density at radius 2 is 1.47 bits per heavy atom. The number of aliphatic hydroxyl groups excluding tert-OH is 6. The molecule has 43 heavy (non-hydrogen) atoms. The normalized spacial score (nSPS) is 51.4. The first kappa shape index (κ1) is 34.0. The molecule has 1 aliphatic heterocycles. The molecule has 5 rings (SSSR count). The fourth-order valence-electron chi connectivity index (χ4n) is 11.0. The molecule has 0 aromatic heterocycles. The summed E-state index contributed by atoms with van der Waals surface area (Å²) in [7, 11) is 1.49. The van der Waals surface area contributed by atoms with Gasteiger partial charge in [0, 0.05) is 13.0 Å². The van der Waals surface area contributed by atoms with Crippen LogP contribution in [0, 0.1) is 58.2 Å². The van der Waals surface area contributed by atoms with Gasteiger partial charge in [-0.2, -0.15) is 0 Å². The molecule has 5 fully saturated rings. The van der Waals surface area contributed by atoms with Gasteiger partial charge in [0.25, 0.3) is 0 Å². The fraction of sp³-hybridized carbons (Fsp3) is 1.00. The fourth-order valence-corrected chi connectivity index (χ4v) is 11.0. The second-order valence-electron chi connectivity index (χ2n) is 16.0. The summed E-state index contributed by atoms with van der Waals surface area (Å²) in [4.78, 5) is 0. The Kier molecular flexibility index (Phi) is 10.3. The zero-order chi connectivity index (χ0) is 31.4. The molecule has 17 atom stereocenters. The van der Waals surface area contributed by atoms with Crippen LogP contribution < -0.4 is 0 Å². The monoisotopic (exact) mass is 612 g/mol. The molecule has 5 aliphatic rings. The minimum atomic E-state index is -1.16. The molecule has 4 saturated carbocycles. The van der Waals surface area contributed by atoms with Gasteiger partial charge in [-0.05, 0) is 97.2 Å². The van der Waals surface area contributed by atoms with Crippen LogP contribution in [0.1, 0.15) is 86.0 Å². The van der Waals surface area contributed by atoms with E-state index in [0.29, 0.717) is 43.1 Å². The average molecular weight is 613 g/mol. The second kappa shape index (κ2) is 13.0. The number of rotatable bonds is 9. The van der Waals surface area contributed by atoms with E-state index in [1.54, 1.807) is 0 Å². The van der Waals surface area contributed by atoms with E-state index in [1.807, 2.05) is 0 Å². The van der Waals surface area contributed by atoms with E-state index < -0.39 is 49.0 Å². The first-order valence-corrected chi connectivity index (χ1v) is 17.1. The van der Waals surface area contributed by atoms with E-state index in [0.717, 1.165) is 38.5 Å². The minimum Gasteiger partial charge on any atom is -0.393 e. The summed E-state index contributed by atoms with van der Waals surface area (Å²) >= 11 is 0. The van der Waals surface area contributed by atoms with Crippen molar-refractivity contribution in [3.8, 4) is 0 Å². The second-order valence-corrected chi connectivity index (χ2v) is 16.0. The molecular weight excluding hydrogens is 552 g/mol. The molecule has 9 heteroatoms. The summed E-state index contributed by atoms with van der Waals surface area (Å²) in [5, 5.41) is 65.1. The van der Waals surface area contributed by atoms with E-state index in [4.69, 9.17) is 14.2 Å². The molecule has 0 aromatic carbocycles. The standard InChI is InChI=1S/C34H60O9/c1-17(2)19(15-42-32-31(40)30(39)26(41-6)16-43-32)8-7-18(3)22-14-25(37)27-20-13-24(36)28-29(38)23(35)10-12-33(28,4)21(20)9-11-34(22,27)5/h17-32,35-40H,7-16H2,1-6H3/t18-,19+,20-,21+,22-,23+,24+,25-,26-,27-,28+,29+,30+,31-,32-,33-,34-/m1/s1. The first-order valence-electron chi connectivity index (χ1n) is 17.1. The van der Waals surface area contributed by atoms with Crippen LogP contribution in [-0.4, -0.2) is 100.0 Å². The highest BCUT2D eigenvalue weighted by atomic mass is 16.7. The molecule has 250 valence electrons. The lowest BCUT2D eigenvalue weighted by molar-refractivity contribution is -0.276. The Hall–Kier alpha value is -0.360. The lowest BCUT2D eigenvalue weighted by atomic mass is 9.43. The van der Waals surface area contributed by atoms with Crippen molar-refractivity contribution >= 4 is 0 Å². The highest BCUT2D eigenvalue weighted by Gasteiger charge is 2.66. The molecule has 0 amide bonds. The van der Waals surface area contributed by atoms with E-state index in [9.17, 15) is 30.6 Å². The van der Waals surface area contributed by atoms with E-state index >= 15 is 0 Å². The van der Waals surface area contributed by atoms with Crippen molar-refractivity contribution in [2.24, 2.45) is 58.2 Å². The summed E-state index contributed by atoms with van der Waals surface area (Å²) in [6.45, 7) is 11.9. The van der Waals surface area contributed by atoms with Crippen molar-refractivity contribution in [3.05, 3.63) is 0 Å². The number of hydrogen-bond acceptors (Lipinski definition) is 9. The van der Waals surface area contributed by atoms with Gasteiger partial charge in [0.2, 0.25) is 0 Å². The molecule has 6 N–H and O–H groups in total. The minimum absolute atomic E-state index is 0.00633. The van der Waals surface area contributed by atoms with Crippen molar-refractivity contribution in [1.29, 1.82) is 0 Å². The van der Waals surface area contributed by atoms with Crippen molar-refractivity contribution in [2.75, 3.05) is 20.3 Å². The molecule has 0 aromatic rings. The molecule has 4 aliphatic carbocycles. The molecular formula is C34H60O9. The first-order chi connectivity index (χ1) is 20.2. The third-order valence-corrected chi connectivity index (χ3v) is 13.6. The zero-order valence-electron chi connectivity index (χ0n) is 27.2. The average Bonchev–Trinajstić information content (AvgIpc) is 3.23. The van der Waals surface area contributed by atoms with Crippen LogP contribution >= 0.6 is 0 Å². The van der Waals surface area contributed by atoms with E-state index in [2.05, 4.69) is 34.6 Å². The van der Waals surface area contributed by atoms with Crippen LogP contribution in [-0.2, 0) is 14.2 Å². The predicted molar refractivity (Wildman–Crippen MR) is 161 cm³/mol. The molecule has 0 radical (unpaired) electrons. The number of methoxy groups -OCH3 is 1. The maximum atomic E-state index is 11.6. The highest BCUT2D eigenvalue weighted by molar-refractivity contribution is 5.14. The summed E-state index contributed by atoms with van der Waals surface area (Å²) in [5.74, 6) is 1.81. The molecule has 0 spiro atoms. The van der Waals surface area contributed by atoms with E-state index in [1.165, 1.54) is 7.11 Å². The lowest BCUT2D eigenvalue weighted by Gasteiger charge is -2.63. The maximum Gasteiger partial charge on any atom is 0.186 e. The molecule has 9 nitrogen and oxygen atoms in total. The largest absolute Gasteiger partial charge is 0.393 e. The van der Waals surface area contributed by atoms with Crippen molar-refractivity contribution in [3.63, 3.8) is 0 Å². The van der Waals surface area contributed by atoms with Crippen LogP contribution in [0.5, 0.6) is 0 Å². The molecule has 1 heterocycles. The van der Waals surface area contributed by atoms with Crippen molar-refractivity contribution in [2.45, 2.75) is 135 Å². The summed E-state index contributed by atoms with van der Waals surface area (Å²) in [6, 6.07) is 0. The summed E-state index contributed by atoms with van der Waals surface area (Å²) in [5.41, 5.74) is -0.236. The van der Waals surface area contributed by atoms with Gasteiger partial charge >= 0.3 is 0 Å². The van der Waals surface area contributed by atoms with Crippen LogP contribution in [0.25, 0.3) is 0 Å². The van der Waals surface area contributed by atoms with Gasteiger partial charge in [0.15, 0.2) is 6.29 Å². The van der Waals surface area contributed by atoms with Gasteiger partial charge < -0.3 is 44.8 Å². The smallest absolute Gasteiger partial charge is 0.186 e. The van der Waals surface area contributed by atoms with Crippen LogP contribution in [0.3, 0.4) is 0 Å². The topological polar surface area (TPSA) is 149 Å². The molecule has 0 bridgehead atoms. The number of aliphatic hydroxyl groups is 6. The van der Waals surface area contributed by atoms with Crippen LogP contribution in [0.2, 0.25) is 0 Å². The number of fused-ring (bicyclic) bond motifs is 5. The van der Waals surface area contributed by atoms with Gasteiger partial charge in [0.1, 0.15) is 18.3 Å². The van der Waals surface area contributed by atoms with Crippen molar-refractivity contribution < 1.29 is 44.8 Å². The Bertz CT molecular complexity index is 934. The van der Waals surface area contributed by atoms with Gasteiger partial charge in [0.05, 0.1) is 37.6 Å². The maximum absolute atomic E-state index is 11.6. The number of ether oxygens (including phenoxy) is 3. The van der Waals surface area contributed by atoms with Crippen molar-refractivity contribution in [1.82, 2.24) is 0 Å². The van der Waals surface area contributed by atoms with Gasteiger partial charge in [-0.1, -0.05) is 41.0 Å². The SMILES string of the molecule is CO[C@@H]1CO[C@@H](OC[C@H](CC[C@@H](C)[C@H]2C[C@@H](O)[C@H]3[C@@H]4C[C@H](O)[C@H]5[C@@H](O)[C@@H](O)CC[C@]5(C)[C@H]4CC[C@@]32C)C(C)C)[C@H](O)[C@H]1O. The molecule has 1 saturated heterocycles. The summed E-state index contributed by atoms with van der Waals surface area (Å²) < 4.78 is 16.9. The highest BCUT2D eigenvalue weighted by Crippen LogP contribution is 2.68. The van der Waals surface area contributed by atoms with Gasteiger partial charge in [-0.25, -0.2) is 0 Å². The predicted octanol–water partition coefficient (Wildman–Crippen LogP) is 2.72. The third kappa shape index (κ3) is 5.98. The third-order valence-electron chi connectivity index (χ3n) is 13.6. The van der Waals surface area contributed by atoms with Crippen LogP contribution in [0.15, 0.2) is 0 Å².